The fourth-order valence-corrected chi connectivity index (χ4v) is 2.47. The molecule has 136 valence electrons. The standard InChI is InChI=1S/C21H16ClNO4/c22-19-12-15(6-11-20(19)26-14-21(24)25)13-23-16-7-9-18(10-8-16)27-17-4-2-1-3-5-17/h1-13H,14H2,(H,24,25). The number of aliphatic carboxylic acids is 1. The van der Waals surface area contributed by atoms with Crippen molar-refractivity contribution >= 4 is 29.5 Å². The van der Waals surface area contributed by atoms with E-state index in [1.807, 2.05) is 54.6 Å². The van der Waals surface area contributed by atoms with Gasteiger partial charge in [-0.15, -0.1) is 0 Å². The average molecular weight is 382 g/mol. The van der Waals surface area contributed by atoms with E-state index in [1.54, 1.807) is 24.4 Å². The van der Waals surface area contributed by atoms with E-state index < -0.39 is 12.6 Å². The van der Waals surface area contributed by atoms with Crippen LogP contribution in [0, 0.1) is 0 Å². The first kappa shape index (κ1) is 18.5. The van der Waals surface area contributed by atoms with Crippen LogP contribution < -0.4 is 9.47 Å². The van der Waals surface area contributed by atoms with Crippen LogP contribution in [0.4, 0.5) is 5.69 Å². The second kappa shape index (κ2) is 8.87. The van der Waals surface area contributed by atoms with Gasteiger partial charge in [0.15, 0.2) is 6.61 Å². The van der Waals surface area contributed by atoms with E-state index in [2.05, 4.69) is 4.99 Å². The minimum atomic E-state index is -1.06. The summed E-state index contributed by atoms with van der Waals surface area (Å²) in [5.41, 5.74) is 1.53. The van der Waals surface area contributed by atoms with Gasteiger partial charge >= 0.3 is 5.97 Å². The van der Waals surface area contributed by atoms with E-state index in [0.29, 0.717) is 10.8 Å². The molecule has 6 heteroatoms. The number of carboxylic acids is 1. The molecule has 0 aliphatic rings. The zero-order chi connectivity index (χ0) is 19.1. The molecule has 3 rings (SSSR count). The summed E-state index contributed by atoms with van der Waals surface area (Å²) in [5, 5.41) is 8.96. The molecule has 1 N–H and O–H groups in total. The highest BCUT2D eigenvalue weighted by Crippen LogP contribution is 2.26. The molecular formula is C21H16ClNO4. The summed E-state index contributed by atoms with van der Waals surface area (Å²) in [6, 6.07) is 21.9. The van der Waals surface area contributed by atoms with E-state index in [1.165, 1.54) is 0 Å². The number of hydrogen-bond acceptors (Lipinski definition) is 4. The van der Waals surface area contributed by atoms with E-state index in [4.69, 9.17) is 26.2 Å². The molecule has 0 heterocycles. The molecule has 0 radical (unpaired) electrons. The Kier molecular flexibility index (Phi) is 6.07. The van der Waals surface area contributed by atoms with Gasteiger partial charge in [-0.3, -0.25) is 4.99 Å². The number of aliphatic imine (C=N–C) groups is 1. The smallest absolute Gasteiger partial charge is 0.341 e. The van der Waals surface area contributed by atoms with Gasteiger partial charge in [0, 0.05) is 6.21 Å². The molecule has 0 bridgehead atoms. The highest BCUT2D eigenvalue weighted by atomic mass is 35.5. The number of ether oxygens (including phenoxy) is 2. The molecule has 0 aromatic heterocycles. The van der Waals surface area contributed by atoms with Crippen molar-refractivity contribution < 1.29 is 19.4 Å². The van der Waals surface area contributed by atoms with Crippen molar-refractivity contribution in [2.24, 2.45) is 4.99 Å². The molecule has 0 spiro atoms. The zero-order valence-corrected chi connectivity index (χ0v) is 15.0. The van der Waals surface area contributed by atoms with Crippen LogP contribution in [0.15, 0.2) is 77.8 Å². The molecule has 0 unspecified atom stereocenters. The predicted octanol–water partition coefficient (Wildman–Crippen LogP) is 5.35. The third-order valence-electron chi connectivity index (χ3n) is 3.49. The van der Waals surface area contributed by atoms with Crippen molar-refractivity contribution in [2.75, 3.05) is 6.61 Å². The monoisotopic (exact) mass is 381 g/mol. The maximum Gasteiger partial charge on any atom is 0.341 e. The Hall–Kier alpha value is -3.31. The van der Waals surface area contributed by atoms with Crippen LogP contribution in [0.1, 0.15) is 5.56 Å². The first-order chi connectivity index (χ1) is 13.1. The quantitative estimate of drug-likeness (QED) is 0.560. The Balaban J connectivity index is 1.63. The lowest BCUT2D eigenvalue weighted by Crippen LogP contribution is -2.09. The first-order valence-electron chi connectivity index (χ1n) is 8.11. The van der Waals surface area contributed by atoms with Gasteiger partial charge in [0.05, 0.1) is 10.7 Å². The molecule has 0 saturated carbocycles. The van der Waals surface area contributed by atoms with Gasteiger partial charge in [-0.05, 0) is 60.2 Å². The Morgan fingerprint density at radius 2 is 1.70 bits per heavy atom. The maximum absolute atomic E-state index is 10.5. The van der Waals surface area contributed by atoms with Crippen LogP contribution in [0.25, 0.3) is 0 Å². The number of carbonyl (C=O) groups is 1. The predicted molar refractivity (Wildman–Crippen MR) is 105 cm³/mol. The summed E-state index contributed by atoms with van der Waals surface area (Å²) < 4.78 is 10.8. The zero-order valence-electron chi connectivity index (χ0n) is 14.2. The van der Waals surface area contributed by atoms with Crippen molar-refractivity contribution in [3.63, 3.8) is 0 Å². The summed E-state index contributed by atoms with van der Waals surface area (Å²) in [5.74, 6) is 0.756. The van der Waals surface area contributed by atoms with Gasteiger partial charge in [-0.25, -0.2) is 4.79 Å². The summed E-state index contributed by atoms with van der Waals surface area (Å²) in [7, 11) is 0. The Bertz CT molecular complexity index is 940. The minimum Gasteiger partial charge on any atom is -0.480 e. The lowest BCUT2D eigenvalue weighted by atomic mass is 10.2. The highest BCUT2D eigenvalue weighted by Gasteiger charge is 2.05. The molecule has 0 amide bonds. The average Bonchev–Trinajstić information content (AvgIpc) is 2.67. The fourth-order valence-electron chi connectivity index (χ4n) is 2.23. The van der Waals surface area contributed by atoms with E-state index >= 15 is 0 Å². The van der Waals surface area contributed by atoms with Crippen molar-refractivity contribution in [2.45, 2.75) is 0 Å². The Morgan fingerprint density at radius 3 is 2.37 bits per heavy atom. The van der Waals surface area contributed by atoms with Crippen LogP contribution in [-0.2, 0) is 4.79 Å². The molecule has 3 aromatic carbocycles. The van der Waals surface area contributed by atoms with Gasteiger partial charge in [0.2, 0.25) is 0 Å². The molecule has 0 aliphatic heterocycles. The molecule has 27 heavy (non-hydrogen) atoms. The van der Waals surface area contributed by atoms with Crippen LogP contribution in [-0.4, -0.2) is 23.9 Å². The lowest BCUT2D eigenvalue weighted by molar-refractivity contribution is -0.139. The highest BCUT2D eigenvalue weighted by molar-refractivity contribution is 6.32. The normalized spacial score (nSPS) is 10.7. The number of rotatable bonds is 7. The number of benzene rings is 3. The minimum absolute atomic E-state index is 0.318. The van der Waals surface area contributed by atoms with Crippen molar-refractivity contribution in [3.05, 3.63) is 83.4 Å². The van der Waals surface area contributed by atoms with Crippen LogP contribution >= 0.6 is 11.6 Å². The maximum atomic E-state index is 10.5. The first-order valence-corrected chi connectivity index (χ1v) is 8.49. The summed E-state index contributed by atoms with van der Waals surface area (Å²) in [6.45, 7) is -0.440. The van der Waals surface area contributed by atoms with Crippen LogP contribution in [0.5, 0.6) is 17.2 Å². The van der Waals surface area contributed by atoms with E-state index in [9.17, 15) is 4.79 Å². The van der Waals surface area contributed by atoms with Crippen LogP contribution in [0.3, 0.4) is 0 Å². The van der Waals surface area contributed by atoms with Gasteiger partial charge in [-0.2, -0.15) is 0 Å². The Morgan fingerprint density at radius 1 is 1.00 bits per heavy atom. The van der Waals surface area contributed by atoms with Crippen molar-refractivity contribution in [1.29, 1.82) is 0 Å². The molecule has 3 aromatic rings. The largest absolute Gasteiger partial charge is 0.480 e. The summed E-state index contributed by atoms with van der Waals surface area (Å²) in [6.07, 6.45) is 1.67. The van der Waals surface area contributed by atoms with Gasteiger partial charge in [-0.1, -0.05) is 29.8 Å². The third kappa shape index (κ3) is 5.59. The molecular weight excluding hydrogens is 366 g/mol. The molecule has 5 nitrogen and oxygen atoms in total. The molecule has 0 saturated heterocycles. The number of nitrogens with zero attached hydrogens (tertiary/aromatic N) is 1. The second-order valence-corrected chi connectivity index (χ2v) is 5.95. The molecule has 0 aliphatic carbocycles. The second-order valence-electron chi connectivity index (χ2n) is 5.54. The lowest BCUT2D eigenvalue weighted by Gasteiger charge is -2.06. The summed E-state index contributed by atoms with van der Waals surface area (Å²) in [4.78, 5) is 14.9. The van der Waals surface area contributed by atoms with Gasteiger partial charge in [0.1, 0.15) is 17.2 Å². The Labute approximate surface area is 161 Å². The molecule has 0 fully saturated rings. The van der Waals surface area contributed by atoms with Crippen molar-refractivity contribution in [3.8, 4) is 17.2 Å². The number of halogens is 1. The third-order valence-corrected chi connectivity index (χ3v) is 3.78. The summed E-state index contributed by atoms with van der Waals surface area (Å²) >= 11 is 6.10. The van der Waals surface area contributed by atoms with Gasteiger partial charge < -0.3 is 14.6 Å². The van der Waals surface area contributed by atoms with Gasteiger partial charge in [0.25, 0.3) is 0 Å². The van der Waals surface area contributed by atoms with E-state index in [0.717, 1.165) is 22.7 Å². The van der Waals surface area contributed by atoms with Crippen LogP contribution in [0.2, 0.25) is 5.02 Å². The fraction of sp³-hybridized carbons (Fsp3) is 0.0476. The molecule has 0 atom stereocenters. The van der Waals surface area contributed by atoms with E-state index in [-0.39, 0.29) is 0 Å². The SMILES string of the molecule is O=C(O)COc1ccc(C=Nc2ccc(Oc3ccccc3)cc2)cc1Cl. The topological polar surface area (TPSA) is 68.1 Å². The number of hydrogen-bond donors (Lipinski definition) is 1. The number of para-hydroxylation sites is 1. The van der Waals surface area contributed by atoms with Crippen molar-refractivity contribution in [1.82, 2.24) is 0 Å². The number of carboxylic acid groups (broad SMARTS) is 1.